The number of rotatable bonds is 9. The molecule has 0 fully saturated rings. The van der Waals surface area contributed by atoms with Gasteiger partial charge in [-0.25, -0.2) is 4.79 Å². The second-order valence-corrected chi connectivity index (χ2v) is 7.35. The summed E-state index contributed by atoms with van der Waals surface area (Å²) in [4.78, 5) is 26.8. The molecule has 0 saturated heterocycles. The molecular formula is C20H27N3O3S. The zero-order valence-electron chi connectivity index (χ0n) is 16.3. The van der Waals surface area contributed by atoms with E-state index in [1.54, 1.807) is 6.92 Å². The number of nitrogens with one attached hydrogen (secondary N) is 2. The highest BCUT2D eigenvalue weighted by molar-refractivity contribution is 7.15. The van der Waals surface area contributed by atoms with Gasteiger partial charge < -0.3 is 20.3 Å². The van der Waals surface area contributed by atoms with Crippen molar-refractivity contribution in [2.45, 2.75) is 13.8 Å². The van der Waals surface area contributed by atoms with Gasteiger partial charge in [0.25, 0.3) is 0 Å². The summed E-state index contributed by atoms with van der Waals surface area (Å²) >= 11 is 1.33. The molecule has 1 heterocycles. The van der Waals surface area contributed by atoms with E-state index in [2.05, 4.69) is 10.6 Å². The monoisotopic (exact) mass is 389 g/mol. The van der Waals surface area contributed by atoms with Crippen LogP contribution in [0.15, 0.2) is 29.6 Å². The van der Waals surface area contributed by atoms with Crippen molar-refractivity contribution in [3.05, 3.63) is 40.8 Å². The molecule has 0 atom stereocenters. The number of anilines is 1. The molecule has 146 valence electrons. The maximum absolute atomic E-state index is 12.5. The lowest BCUT2D eigenvalue weighted by Crippen LogP contribution is -2.33. The minimum atomic E-state index is -0.426. The Balaban J connectivity index is 2.17. The van der Waals surface area contributed by atoms with Crippen LogP contribution in [0.2, 0.25) is 0 Å². The summed E-state index contributed by atoms with van der Waals surface area (Å²) in [7, 11) is 3.96. The molecule has 0 unspecified atom stereocenters. The number of thiophene rings is 1. The van der Waals surface area contributed by atoms with E-state index in [4.69, 9.17) is 4.74 Å². The molecule has 2 N–H and O–H groups in total. The maximum Gasteiger partial charge on any atom is 0.341 e. The van der Waals surface area contributed by atoms with Crippen LogP contribution < -0.4 is 10.6 Å². The molecule has 6 nitrogen and oxygen atoms in total. The van der Waals surface area contributed by atoms with Crippen LogP contribution in [0.3, 0.4) is 0 Å². The first-order valence-electron chi connectivity index (χ1n) is 8.93. The molecule has 0 spiro atoms. The molecule has 0 aliphatic carbocycles. The average molecular weight is 390 g/mol. The van der Waals surface area contributed by atoms with Crippen LogP contribution in [0.5, 0.6) is 0 Å². The fourth-order valence-electron chi connectivity index (χ4n) is 2.48. The van der Waals surface area contributed by atoms with Crippen LogP contribution in [0, 0.1) is 6.92 Å². The Bertz CT molecular complexity index is 769. The summed E-state index contributed by atoms with van der Waals surface area (Å²) in [5.74, 6) is -0.609. The lowest BCUT2D eigenvalue weighted by atomic mass is 10.0. The third kappa shape index (κ3) is 6.16. The molecule has 0 bridgehead atoms. The Morgan fingerprint density at radius 2 is 1.89 bits per heavy atom. The lowest BCUT2D eigenvalue weighted by molar-refractivity contribution is -0.115. The second kappa shape index (κ2) is 10.2. The first-order valence-corrected chi connectivity index (χ1v) is 9.81. The zero-order valence-corrected chi connectivity index (χ0v) is 17.1. The van der Waals surface area contributed by atoms with Crippen molar-refractivity contribution in [3.8, 4) is 11.1 Å². The number of benzene rings is 1. The highest BCUT2D eigenvalue weighted by Crippen LogP contribution is 2.36. The smallest absolute Gasteiger partial charge is 0.341 e. The van der Waals surface area contributed by atoms with Gasteiger partial charge in [-0.3, -0.25) is 4.79 Å². The molecule has 2 rings (SSSR count). The van der Waals surface area contributed by atoms with Crippen molar-refractivity contribution in [2.24, 2.45) is 0 Å². The molecule has 27 heavy (non-hydrogen) atoms. The van der Waals surface area contributed by atoms with E-state index < -0.39 is 5.97 Å². The molecule has 0 radical (unpaired) electrons. The Labute approximate surface area is 164 Å². The molecule has 1 aromatic carbocycles. The van der Waals surface area contributed by atoms with Gasteiger partial charge in [-0.05, 0) is 33.5 Å². The van der Waals surface area contributed by atoms with Crippen LogP contribution in [-0.2, 0) is 9.53 Å². The van der Waals surface area contributed by atoms with Gasteiger partial charge >= 0.3 is 5.97 Å². The third-order valence-corrected chi connectivity index (χ3v) is 4.80. The first kappa shape index (κ1) is 21.1. The number of carbonyl (C=O) groups is 2. The van der Waals surface area contributed by atoms with Crippen molar-refractivity contribution < 1.29 is 14.3 Å². The van der Waals surface area contributed by atoms with E-state index in [1.165, 1.54) is 11.3 Å². The number of aryl methyl sites for hydroxylation is 1. The number of nitrogens with zero attached hydrogens (tertiary/aromatic N) is 1. The minimum Gasteiger partial charge on any atom is -0.462 e. The van der Waals surface area contributed by atoms with E-state index >= 15 is 0 Å². The summed E-state index contributed by atoms with van der Waals surface area (Å²) < 4.78 is 5.21. The summed E-state index contributed by atoms with van der Waals surface area (Å²) in [6.07, 6.45) is 0. The van der Waals surface area contributed by atoms with Crippen molar-refractivity contribution >= 4 is 28.2 Å². The van der Waals surface area contributed by atoms with Crippen molar-refractivity contribution in [3.63, 3.8) is 0 Å². The Hall–Kier alpha value is -2.22. The Morgan fingerprint density at radius 3 is 2.52 bits per heavy atom. The first-order chi connectivity index (χ1) is 12.9. The van der Waals surface area contributed by atoms with Crippen LogP contribution in [-0.4, -0.2) is 57.1 Å². The quantitative estimate of drug-likeness (QED) is 0.510. The Morgan fingerprint density at radius 1 is 1.19 bits per heavy atom. The topological polar surface area (TPSA) is 70.7 Å². The number of carbonyl (C=O) groups excluding carboxylic acids is 2. The SMILES string of the molecule is CCOC(=O)c1c(-c2ccc(C)cc2)csc1NC(=O)CNCCN(C)C. The molecule has 0 aliphatic rings. The number of likely N-dealkylation sites (N-methyl/N-ethyl adjacent to an activating group) is 1. The van der Waals surface area contributed by atoms with Gasteiger partial charge in [-0.15, -0.1) is 11.3 Å². The molecule has 0 aliphatic heterocycles. The van der Waals surface area contributed by atoms with Crippen LogP contribution in [0.25, 0.3) is 11.1 Å². The van der Waals surface area contributed by atoms with Gasteiger partial charge in [0.1, 0.15) is 10.6 Å². The molecule has 1 aromatic heterocycles. The lowest BCUT2D eigenvalue weighted by Gasteiger charge is -2.11. The van der Waals surface area contributed by atoms with Crippen molar-refractivity contribution in [1.82, 2.24) is 10.2 Å². The Kier molecular flexibility index (Phi) is 7.97. The number of amides is 1. The van der Waals surface area contributed by atoms with E-state index in [0.29, 0.717) is 17.1 Å². The van der Waals surface area contributed by atoms with Crippen molar-refractivity contribution in [2.75, 3.05) is 45.7 Å². The molecule has 7 heteroatoms. The van der Waals surface area contributed by atoms with Gasteiger partial charge in [0, 0.05) is 24.0 Å². The van der Waals surface area contributed by atoms with Crippen LogP contribution in [0.1, 0.15) is 22.8 Å². The van der Waals surface area contributed by atoms with E-state index in [9.17, 15) is 9.59 Å². The zero-order chi connectivity index (χ0) is 19.8. The largest absolute Gasteiger partial charge is 0.462 e. The minimum absolute atomic E-state index is 0.184. The predicted molar refractivity (Wildman–Crippen MR) is 111 cm³/mol. The fraction of sp³-hybridized carbons (Fsp3) is 0.400. The van der Waals surface area contributed by atoms with E-state index in [1.807, 2.05) is 55.6 Å². The predicted octanol–water partition coefficient (Wildman–Crippen LogP) is 2.99. The van der Waals surface area contributed by atoms with Crippen LogP contribution in [0.4, 0.5) is 5.00 Å². The maximum atomic E-state index is 12.5. The summed E-state index contributed by atoms with van der Waals surface area (Å²) in [6.45, 7) is 5.80. The van der Waals surface area contributed by atoms with E-state index in [-0.39, 0.29) is 19.1 Å². The molecule has 2 aromatic rings. The third-order valence-electron chi connectivity index (χ3n) is 3.91. The van der Waals surface area contributed by atoms with Gasteiger partial charge in [0.05, 0.1) is 13.2 Å². The fourth-order valence-corrected chi connectivity index (χ4v) is 3.45. The second-order valence-electron chi connectivity index (χ2n) is 6.47. The van der Waals surface area contributed by atoms with Crippen molar-refractivity contribution in [1.29, 1.82) is 0 Å². The van der Waals surface area contributed by atoms with Gasteiger partial charge in [-0.2, -0.15) is 0 Å². The number of ether oxygens (including phenoxy) is 1. The highest BCUT2D eigenvalue weighted by Gasteiger charge is 2.22. The van der Waals surface area contributed by atoms with Crippen LogP contribution >= 0.6 is 11.3 Å². The van der Waals surface area contributed by atoms with Gasteiger partial charge in [0.2, 0.25) is 5.91 Å². The summed E-state index contributed by atoms with van der Waals surface area (Å²) in [6, 6.07) is 7.92. The summed E-state index contributed by atoms with van der Waals surface area (Å²) in [5, 5.41) is 8.33. The number of hydrogen-bond acceptors (Lipinski definition) is 6. The number of esters is 1. The van der Waals surface area contributed by atoms with Gasteiger partial charge in [0.15, 0.2) is 0 Å². The van der Waals surface area contributed by atoms with Gasteiger partial charge in [-0.1, -0.05) is 29.8 Å². The number of hydrogen-bond donors (Lipinski definition) is 2. The molecular weight excluding hydrogens is 362 g/mol. The highest BCUT2D eigenvalue weighted by atomic mass is 32.1. The molecule has 0 saturated carbocycles. The summed E-state index contributed by atoms with van der Waals surface area (Å²) in [5.41, 5.74) is 3.25. The normalized spacial score (nSPS) is 10.9. The standard InChI is InChI=1S/C20H27N3O3S/c1-5-26-20(25)18-16(15-8-6-14(2)7-9-15)13-27-19(18)22-17(24)12-21-10-11-23(3)4/h6-9,13,21H,5,10-12H2,1-4H3,(H,22,24). The van der Waals surface area contributed by atoms with E-state index in [0.717, 1.165) is 23.2 Å². The molecule has 1 amide bonds. The average Bonchev–Trinajstić information content (AvgIpc) is 3.03.